The van der Waals surface area contributed by atoms with Crippen LogP contribution in [0.5, 0.6) is 5.75 Å². The number of nitrogens with two attached hydrogens (primary N) is 1. The number of ether oxygens (including phenoxy) is 1. The third-order valence-corrected chi connectivity index (χ3v) is 5.41. The Hall–Kier alpha value is -1.06. The number of rotatable bonds is 3. The van der Waals surface area contributed by atoms with Crippen LogP contribution in [0.4, 0.5) is 0 Å². The molecule has 0 spiro atoms. The summed E-state index contributed by atoms with van der Waals surface area (Å²) in [6.07, 6.45) is 2.63. The predicted molar refractivity (Wildman–Crippen MR) is 91.3 cm³/mol. The van der Waals surface area contributed by atoms with Crippen LogP contribution in [0.15, 0.2) is 18.2 Å². The van der Waals surface area contributed by atoms with Gasteiger partial charge in [-0.15, -0.1) is 0 Å². The minimum absolute atomic E-state index is 0.0537. The lowest BCUT2D eigenvalue weighted by molar-refractivity contribution is -0.00360. The number of benzene rings is 1. The average molecular weight is 302 g/mol. The molecule has 3 rings (SSSR count). The van der Waals surface area contributed by atoms with Crippen molar-refractivity contribution in [2.45, 2.75) is 58.1 Å². The second-order valence-electron chi connectivity index (χ2n) is 7.80. The SMILES string of the molecule is CC(C)c1ccc2c(c1)C(N)C(CN1CCCC1)C(C)(C)O2. The van der Waals surface area contributed by atoms with Gasteiger partial charge >= 0.3 is 0 Å². The quantitative estimate of drug-likeness (QED) is 0.925. The van der Waals surface area contributed by atoms with Crippen molar-refractivity contribution < 1.29 is 4.74 Å². The molecule has 3 nitrogen and oxygen atoms in total. The first-order valence-electron chi connectivity index (χ1n) is 8.69. The molecule has 1 fully saturated rings. The highest BCUT2D eigenvalue weighted by atomic mass is 16.5. The molecule has 0 bridgehead atoms. The summed E-state index contributed by atoms with van der Waals surface area (Å²) in [6.45, 7) is 12.3. The Bertz CT molecular complexity index is 532. The van der Waals surface area contributed by atoms with Gasteiger partial charge < -0.3 is 15.4 Å². The summed E-state index contributed by atoms with van der Waals surface area (Å²) in [7, 11) is 0. The molecule has 2 atom stereocenters. The largest absolute Gasteiger partial charge is 0.487 e. The van der Waals surface area contributed by atoms with Gasteiger partial charge in [-0.3, -0.25) is 0 Å². The Morgan fingerprint density at radius 2 is 1.95 bits per heavy atom. The lowest BCUT2D eigenvalue weighted by Gasteiger charge is -2.45. The Morgan fingerprint density at radius 1 is 1.27 bits per heavy atom. The van der Waals surface area contributed by atoms with Gasteiger partial charge in [-0.2, -0.15) is 0 Å². The Labute approximate surface area is 134 Å². The van der Waals surface area contributed by atoms with Gasteiger partial charge in [-0.1, -0.05) is 26.0 Å². The van der Waals surface area contributed by atoms with Crippen LogP contribution >= 0.6 is 0 Å². The minimum Gasteiger partial charge on any atom is -0.487 e. The van der Waals surface area contributed by atoms with Gasteiger partial charge in [-0.05, 0) is 57.3 Å². The van der Waals surface area contributed by atoms with Crippen LogP contribution in [-0.4, -0.2) is 30.1 Å². The molecule has 2 unspecified atom stereocenters. The lowest BCUT2D eigenvalue weighted by atomic mass is 9.78. The summed E-state index contributed by atoms with van der Waals surface area (Å²) in [6, 6.07) is 6.60. The zero-order valence-electron chi connectivity index (χ0n) is 14.4. The normalized spacial score (nSPS) is 27.7. The highest BCUT2D eigenvalue weighted by Gasteiger charge is 2.43. The monoisotopic (exact) mass is 302 g/mol. The summed E-state index contributed by atoms with van der Waals surface area (Å²) in [4.78, 5) is 2.55. The zero-order chi connectivity index (χ0) is 15.9. The number of hydrogen-bond donors (Lipinski definition) is 1. The molecule has 3 heteroatoms. The molecule has 2 aliphatic rings. The summed E-state index contributed by atoms with van der Waals surface area (Å²) in [5.74, 6) is 1.82. The van der Waals surface area contributed by atoms with E-state index in [-0.39, 0.29) is 11.6 Å². The van der Waals surface area contributed by atoms with Crippen LogP contribution in [0.1, 0.15) is 63.6 Å². The molecular weight excluding hydrogens is 272 g/mol. The molecule has 0 saturated carbocycles. The van der Waals surface area contributed by atoms with Crippen molar-refractivity contribution in [1.29, 1.82) is 0 Å². The first kappa shape index (κ1) is 15.8. The highest BCUT2D eigenvalue weighted by Crippen LogP contribution is 2.44. The summed E-state index contributed by atoms with van der Waals surface area (Å²) < 4.78 is 6.34. The van der Waals surface area contributed by atoms with Crippen LogP contribution in [-0.2, 0) is 0 Å². The molecule has 0 aromatic heterocycles. The Balaban J connectivity index is 1.90. The molecule has 2 N–H and O–H groups in total. The van der Waals surface area contributed by atoms with E-state index in [0.29, 0.717) is 11.8 Å². The van der Waals surface area contributed by atoms with Crippen molar-refractivity contribution in [3.05, 3.63) is 29.3 Å². The topological polar surface area (TPSA) is 38.5 Å². The molecule has 0 radical (unpaired) electrons. The van der Waals surface area contributed by atoms with Crippen molar-refractivity contribution >= 4 is 0 Å². The predicted octanol–water partition coefficient (Wildman–Crippen LogP) is 3.69. The van der Waals surface area contributed by atoms with Crippen molar-refractivity contribution in [2.24, 2.45) is 11.7 Å². The van der Waals surface area contributed by atoms with Gasteiger partial charge in [0.25, 0.3) is 0 Å². The summed E-state index contributed by atoms with van der Waals surface area (Å²) in [5, 5.41) is 0. The second-order valence-corrected chi connectivity index (χ2v) is 7.80. The van der Waals surface area contributed by atoms with E-state index in [9.17, 15) is 0 Å². The van der Waals surface area contributed by atoms with Gasteiger partial charge in [0.2, 0.25) is 0 Å². The van der Waals surface area contributed by atoms with Crippen molar-refractivity contribution in [2.75, 3.05) is 19.6 Å². The smallest absolute Gasteiger partial charge is 0.124 e. The van der Waals surface area contributed by atoms with Crippen LogP contribution in [0, 0.1) is 5.92 Å². The van der Waals surface area contributed by atoms with E-state index in [0.717, 1.165) is 12.3 Å². The van der Waals surface area contributed by atoms with Gasteiger partial charge in [0.1, 0.15) is 11.4 Å². The van der Waals surface area contributed by atoms with Gasteiger partial charge in [0, 0.05) is 24.1 Å². The van der Waals surface area contributed by atoms with Crippen LogP contribution in [0.25, 0.3) is 0 Å². The Morgan fingerprint density at radius 3 is 2.59 bits per heavy atom. The molecule has 2 heterocycles. The van der Waals surface area contributed by atoms with Crippen LogP contribution in [0.3, 0.4) is 0 Å². The molecule has 2 aliphatic heterocycles. The Kier molecular flexibility index (Phi) is 4.21. The molecular formula is C19H30N2O. The minimum atomic E-state index is -0.214. The van der Waals surface area contributed by atoms with E-state index >= 15 is 0 Å². The number of hydrogen-bond acceptors (Lipinski definition) is 3. The highest BCUT2D eigenvalue weighted by molar-refractivity contribution is 5.43. The number of nitrogens with zero attached hydrogens (tertiary/aromatic N) is 1. The molecule has 1 aromatic rings. The fourth-order valence-electron chi connectivity index (χ4n) is 3.86. The van der Waals surface area contributed by atoms with E-state index in [1.807, 2.05) is 0 Å². The lowest BCUT2D eigenvalue weighted by Crippen LogP contribution is -2.51. The van der Waals surface area contributed by atoms with E-state index in [1.165, 1.54) is 37.1 Å². The fraction of sp³-hybridized carbons (Fsp3) is 0.684. The van der Waals surface area contributed by atoms with Crippen molar-refractivity contribution in [1.82, 2.24) is 4.90 Å². The molecule has 1 saturated heterocycles. The third kappa shape index (κ3) is 2.89. The molecule has 0 aliphatic carbocycles. The first-order chi connectivity index (χ1) is 10.4. The fourth-order valence-corrected chi connectivity index (χ4v) is 3.86. The zero-order valence-corrected chi connectivity index (χ0v) is 14.4. The number of fused-ring (bicyclic) bond motifs is 1. The molecule has 22 heavy (non-hydrogen) atoms. The van der Waals surface area contributed by atoms with E-state index in [2.05, 4.69) is 50.8 Å². The van der Waals surface area contributed by atoms with Crippen LogP contribution < -0.4 is 10.5 Å². The molecule has 1 aromatic carbocycles. The first-order valence-corrected chi connectivity index (χ1v) is 8.69. The van der Waals surface area contributed by atoms with Crippen molar-refractivity contribution in [3.63, 3.8) is 0 Å². The van der Waals surface area contributed by atoms with Gasteiger partial charge in [0.15, 0.2) is 0 Å². The van der Waals surface area contributed by atoms with Crippen LogP contribution in [0.2, 0.25) is 0 Å². The molecule has 0 amide bonds. The third-order valence-electron chi connectivity index (χ3n) is 5.41. The van der Waals surface area contributed by atoms with E-state index in [4.69, 9.17) is 10.5 Å². The van der Waals surface area contributed by atoms with E-state index < -0.39 is 0 Å². The van der Waals surface area contributed by atoms with Gasteiger partial charge in [-0.25, -0.2) is 0 Å². The van der Waals surface area contributed by atoms with Crippen molar-refractivity contribution in [3.8, 4) is 5.75 Å². The maximum absolute atomic E-state index is 6.71. The van der Waals surface area contributed by atoms with E-state index in [1.54, 1.807) is 0 Å². The second kappa shape index (κ2) is 5.86. The summed E-state index contributed by atoms with van der Waals surface area (Å²) >= 11 is 0. The average Bonchev–Trinajstić information content (AvgIpc) is 2.95. The standard InChI is InChI=1S/C19H30N2O/c1-13(2)14-7-8-17-15(11-14)18(20)16(19(3,4)22-17)12-21-9-5-6-10-21/h7-8,11,13,16,18H,5-6,9-10,12,20H2,1-4H3. The van der Waals surface area contributed by atoms with Gasteiger partial charge in [0.05, 0.1) is 0 Å². The summed E-state index contributed by atoms with van der Waals surface area (Å²) in [5.41, 5.74) is 9.03. The molecule has 122 valence electrons. The number of likely N-dealkylation sites (tertiary alicyclic amines) is 1. The maximum Gasteiger partial charge on any atom is 0.124 e. The maximum atomic E-state index is 6.71.